The Bertz CT molecular complexity index is 184. The van der Waals surface area contributed by atoms with Crippen molar-refractivity contribution in [2.45, 2.75) is 51.6 Å². The normalized spacial score (nSPS) is 23.9. The molecule has 2 unspecified atom stereocenters. The highest BCUT2D eigenvalue weighted by atomic mass is 19.1. The summed E-state index contributed by atoms with van der Waals surface area (Å²) in [7, 11) is 0. The highest BCUT2D eigenvalue weighted by Crippen LogP contribution is 2.31. The van der Waals surface area contributed by atoms with Crippen LogP contribution in [0.1, 0.15) is 45.4 Å². The van der Waals surface area contributed by atoms with E-state index in [1.54, 1.807) is 0 Å². The molecule has 2 atom stereocenters. The van der Waals surface area contributed by atoms with Gasteiger partial charge in [0.25, 0.3) is 0 Å². The Labute approximate surface area is 84.5 Å². The Morgan fingerprint density at radius 1 is 1.29 bits per heavy atom. The third-order valence-corrected chi connectivity index (χ3v) is 3.19. The molecule has 0 aromatic rings. The molecule has 1 aliphatic rings. The Morgan fingerprint density at radius 2 is 1.79 bits per heavy atom. The van der Waals surface area contributed by atoms with Gasteiger partial charge in [-0.25, -0.2) is 4.39 Å². The molecule has 2 nitrogen and oxygen atoms in total. The molecule has 1 rings (SSSR count). The summed E-state index contributed by atoms with van der Waals surface area (Å²) in [6.45, 7) is 1.36. The van der Waals surface area contributed by atoms with Gasteiger partial charge in [-0.15, -0.1) is 0 Å². The minimum Gasteiger partial charge on any atom is -0.481 e. The van der Waals surface area contributed by atoms with Crippen molar-refractivity contribution in [1.29, 1.82) is 0 Å². The highest BCUT2D eigenvalue weighted by molar-refractivity contribution is 5.71. The number of alkyl halides is 1. The maximum Gasteiger partial charge on any atom is 0.309 e. The summed E-state index contributed by atoms with van der Waals surface area (Å²) in [5.74, 6) is -1.70. The zero-order valence-corrected chi connectivity index (χ0v) is 8.71. The third kappa shape index (κ3) is 2.96. The van der Waals surface area contributed by atoms with Crippen molar-refractivity contribution in [3.05, 3.63) is 0 Å². The van der Waals surface area contributed by atoms with Crippen LogP contribution < -0.4 is 0 Å². The summed E-state index contributed by atoms with van der Waals surface area (Å²) in [6.07, 6.45) is 4.99. The molecular weight excluding hydrogens is 183 g/mol. The van der Waals surface area contributed by atoms with E-state index in [-0.39, 0.29) is 5.92 Å². The van der Waals surface area contributed by atoms with E-state index in [0.29, 0.717) is 0 Å². The summed E-state index contributed by atoms with van der Waals surface area (Å²) in [6, 6.07) is 0. The molecule has 0 saturated heterocycles. The number of carbonyl (C=O) groups is 1. The first-order valence-electron chi connectivity index (χ1n) is 5.50. The van der Waals surface area contributed by atoms with E-state index < -0.39 is 18.1 Å². The molecule has 82 valence electrons. The maximum absolute atomic E-state index is 13.2. The van der Waals surface area contributed by atoms with Crippen molar-refractivity contribution < 1.29 is 14.3 Å². The fourth-order valence-electron chi connectivity index (χ4n) is 2.44. The Kier molecular flexibility index (Phi) is 4.36. The Hall–Kier alpha value is -0.600. The standard InChI is InChI=1S/C11H19FO2/c1-8(12)10(11(13)14)9-6-4-2-3-5-7-9/h8-10H,2-7H2,1H3,(H,13,14). The summed E-state index contributed by atoms with van der Waals surface area (Å²) >= 11 is 0. The van der Waals surface area contributed by atoms with Crippen LogP contribution in [-0.2, 0) is 4.79 Å². The molecule has 0 aromatic heterocycles. The summed E-state index contributed by atoms with van der Waals surface area (Å²) in [5.41, 5.74) is 0. The molecule has 0 spiro atoms. The second-order valence-corrected chi connectivity index (χ2v) is 4.29. The maximum atomic E-state index is 13.2. The number of aliphatic carboxylic acids is 1. The van der Waals surface area contributed by atoms with Crippen molar-refractivity contribution in [2.75, 3.05) is 0 Å². The lowest BCUT2D eigenvalue weighted by Gasteiger charge is -2.23. The number of hydrogen-bond donors (Lipinski definition) is 1. The first-order valence-corrected chi connectivity index (χ1v) is 5.50. The molecule has 0 aromatic carbocycles. The number of carboxylic acid groups (broad SMARTS) is 1. The molecule has 0 heterocycles. The molecule has 0 bridgehead atoms. The summed E-state index contributed by atoms with van der Waals surface area (Å²) < 4.78 is 13.2. The summed E-state index contributed by atoms with van der Waals surface area (Å²) in [4.78, 5) is 10.9. The van der Waals surface area contributed by atoms with Gasteiger partial charge in [0.15, 0.2) is 0 Å². The quantitative estimate of drug-likeness (QED) is 0.714. The van der Waals surface area contributed by atoms with Gasteiger partial charge in [-0.05, 0) is 25.7 Å². The smallest absolute Gasteiger partial charge is 0.309 e. The lowest BCUT2D eigenvalue weighted by Crippen LogP contribution is -2.30. The van der Waals surface area contributed by atoms with E-state index in [2.05, 4.69) is 0 Å². The third-order valence-electron chi connectivity index (χ3n) is 3.19. The van der Waals surface area contributed by atoms with E-state index in [9.17, 15) is 9.18 Å². The van der Waals surface area contributed by atoms with Gasteiger partial charge in [0.2, 0.25) is 0 Å². The van der Waals surface area contributed by atoms with Crippen LogP contribution in [0.25, 0.3) is 0 Å². The Morgan fingerprint density at radius 3 is 2.14 bits per heavy atom. The molecule has 14 heavy (non-hydrogen) atoms. The van der Waals surface area contributed by atoms with Crippen molar-refractivity contribution >= 4 is 5.97 Å². The van der Waals surface area contributed by atoms with Gasteiger partial charge < -0.3 is 5.11 Å². The fraction of sp³-hybridized carbons (Fsp3) is 0.909. The minimum atomic E-state index is -1.23. The lowest BCUT2D eigenvalue weighted by atomic mass is 9.83. The number of carboxylic acids is 1. The average molecular weight is 202 g/mol. The van der Waals surface area contributed by atoms with Crippen molar-refractivity contribution in [3.8, 4) is 0 Å². The monoisotopic (exact) mass is 202 g/mol. The molecule has 1 N–H and O–H groups in total. The first-order chi connectivity index (χ1) is 6.63. The minimum absolute atomic E-state index is 0.0509. The lowest BCUT2D eigenvalue weighted by molar-refractivity contribution is -0.146. The van der Waals surface area contributed by atoms with Gasteiger partial charge in [-0.1, -0.05) is 25.7 Å². The first kappa shape index (κ1) is 11.5. The van der Waals surface area contributed by atoms with Gasteiger partial charge in [-0.3, -0.25) is 4.79 Å². The van der Waals surface area contributed by atoms with Crippen LogP contribution in [0.15, 0.2) is 0 Å². The second kappa shape index (κ2) is 5.32. The molecular formula is C11H19FO2. The van der Waals surface area contributed by atoms with E-state index >= 15 is 0 Å². The van der Waals surface area contributed by atoms with Gasteiger partial charge in [0, 0.05) is 0 Å². The predicted molar refractivity (Wildman–Crippen MR) is 52.9 cm³/mol. The van der Waals surface area contributed by atoms with Crippen LogP contribution >= 0.6 is 0 Å². The number of rotatable bonds is 3. The van der Waals surface area contributed by atoms with Gasteiger partial charge in [0.05, 0.1) is 5.92 Å². The highest BCUT2D eigenvalue weighted by Gasteiger charge is 2.33. The van der Waals surface area contributed by atoms with E-state index in [0.717, 1.165) is 25.7 Å². The van der Waals surface area contributed by atoms with Crippen molar-refractivity contribution in [1.82, 2.24) is 0 Å². The molecule has 0 radical (unpaired) electrons. The van der Waals surface area contributed by atoms with Crippen LogP contribution in [0.3, 0.4) is 0 Å². The van der Waals surface area contributed by atoms with Gasteiger partial charge in [-0.2, -0.15) is 0 Å². The van der Waals surface area contributed by atoms with Crippen LogP contribution in [0, 0.1) is 11.8 Å². The number of hydrogen-bond acceptors (Lipinski definition) is 1. The molecule has 1 aliphatic carbocycles. The Balaban J connectivity index is 2.60. The predicted octanol–water partition coefficient (Wildman–Crippen LogP) is 3.02. The zero-order valence-electron chi connectivity index (χ0n) is 8.71. The molecule has 1 saturated carbocycles. The van der Waals surface area contributed by atoms with Crippen LogP contribution in [0.5, 0.6) is 0 Å². The molecule has 0 aliphatic heterocycles. The van der Waals surface area contributed by atoms with Gasteiger partial charge in [0.1, 0.15) is 6.17 Å². The fourth-order valence-corrected chi connectivity index (χ4v) is 2.44. The number of halogens is 1. The van der Waals surface area contributed by atoms with Crippen LogP contribution in [0.4, 0.5) is 4.39 Å². The van der Waals surface area contributed by atoms with Crippen LogP contribution in [-0.4, -0.2) is 17.2 Å². The zero-order chi connectivity index (χ0) is 10.6. The van der Waals surface area contributed by atoms with E-state index in [1.165, 1.54) is 19.8 Å². The topological polar surface area (TPSA) is 37.3 Å². The van der Waals surface area contributed by atoms with Crippen molar-refractivity contribution in [3.63, 3.8) is 0 Å². The molecule has 1 fully saturated rings. The molecule has 0 amide bonds. The largest absolute Gasteiger partial charge is 0.481 e. The van der Waals surface area contributed by atoms with Gasteiger partial charge >= 0.3 is 5.97 Å². The summed E-state index contributed by atoms with van der Waals surface area (Å²) in [5, 5.41) is 8.95. The van der Waals surface area contributed by atoms with Crippen molar-refractivity contribution in [2.24, 2.45) is 11.8 Å². The SMILES string of the molecule is CC(F)C(C(=O)O)C1CCCCCC1. The molecule has 3 heteroatoms. The second-order valence-electron chi connectivity index (χ2n) is 4.29. The van der Waals surface area contributed by atoms with E-state index in [4.69, 9.17) is 5.11 Å². The van der Waals surface area contributed by atoms with Crippen LogP contribution in [0.2, 0.25) is 0 Å². The average Bonchev–Trinajstić information content (AvgIpc) is 2.31. The van der Waals surface area contributed by atoms with E-state index in [1.807, 2.05) is 0 Å².